The summed E-state index contributed by atoms with van der Waals surface area (Å²) in [4.78, 5) is 25.2. The largest absolute Gasteiger partial charge is 0.450 e. The van der Waals surface area contributed by atoms with E-state index in [1.165, 1.54) is 19.1 Å². The molecule has 0 radical (unpaired) electrons. The van der Waals surface area contributed by atoms with Gasteiger partial charge in [0.15, 0.2) is 6.10 Å². The molecule has 0 saturated carbocycles. The Morgan fingerprint density at radius 3 is 2.30 bits per heavy atom. The van der Waals surface area contributed by atoms with E-state index in [0.717, 1.165) is 5.69 Å². The molecule has 1 aromatic carbocycles. The number of nitrogens with zero attached hydrogens (tertiary/aromatic N) is 2. The molecule has 0 spiro atoms. The Morgan fingerprint density at radius 2 is 1.73 bits per heavy atom. The molecule has 1 atom stereocenters. The third-order valence-electron chi connectivity index (χ3n) is 4.82. The van der Waals surface area contributed by atoms with Gasteiger partial charge in [-0.25, -0.2) is 4.79 Å². The number of aromatic nitrogens is 2. The number of hydrogen-bond donors (Lipinski definition) is 0. The summed E-state index contributed by atoms with van der Waals surface area (Å²) in [5.41, 5.74) is 2.90. The first-order valence-corrected chi connectivity index (χ1v) is 9.29. The first-order chi connectivity index (χ1) is 14.2. The Labute approximate surface area is 172 Å². The minimum absolute atomic E-state index is 0.0497. The average Bonchev–Trinajstić information content (AvgIpc) is 3.24. The van der Waals surface area contributed by atoms with E-state index in [9.17, 15) is 18.4 Å². The van der Waals surface area contributed by atoms with Crippen molar-refractivity contribution in [2.75, 3.05) is 0 Å². The fraction of sp³-hybridized carbons (Fsp3) is 0.273. The van der Waals surface area contributed by atoms with Gasteiger partial charge in [-0.15, -0.1) is 0 Å². The molecule has 0 aliphatic heterocycles. The molecule has 0 fully saturated rings. The molecule has 158 valence electrons. The van der Waals surface area contributed by atoms with Crippen molar-refractivity contribution in [2.24, 2.45) is 7.05 Å². The molecule has 30 heavy (non-hydrogen) atoms. The lowest BCUT2D eigenvalue weighted by Crippen LogP contribution is -2.25. The monoisotopic (exact) mass is 416 g/mol. The maximum atomic E-state index is 12.9. The highest BCUT2D eigenvalue weighted by Gasteiger charge is 2.25. The third-order valence-corrected chi connectivity index (χ3v) is 4.82. The number of Topliss-reactive ketones (excluding diaryl/α,β-unsaturated/α-hetero) is 1. The van der Waals surface area contributed by atoms with Crippen molar-refractivity contribution in [1.29, 1.82) is 0 Å². The zero-order valence-electron chi connectivity index (χ0n) is 17.1. The average molecular weight is 416 g/mol. The van der Waals surface area contributed by atoms with E-state index in [-0.39, 0.29) is 11.5 Å². The van der Waals surface area contributed by atoms with Crippen LogP contribution in [0.3, 0.4) is 0 Å². The van der Waals surface area contributed by atoms with Crippen LogP contribution >= 0.6 is 0 Å². The molecule has 2 aromatic heterocycles. The number of esters is 1. The number of carbonyl (C=O) groups is 2. The lowest BCUT2D eigenvalue weighted by atomic mass is 10.1. The first kappa shape index (κ1) is 21.3. The van der Waals surface area contributed by atoms with Crippen LogP contribution in [0, 0.1) is 13.8 Å². The van der Waals surface area contributed by atoms with E-state index in [4.69, 9.17) is 4.74 Å². The van der Waals surface area contributed by atoms with Crippen molar-refractivity contribution in [1.82, 2.24) is 9.13 Å². The fourth-order valence-corrected chi connectivity index (χ4v) is 3.35. The molecule has 0 aliphatic carbocycles. The van der Waals surface area contributed by atoms with Gasteiger partial charge >= 0.3 is 12.6 Å². The normalized spacial score (nSPS) is 12.1. The van der Waals surface area contributed by atoms with Crippen molar-refractivity contribution < 1.29 is 27.8 Å². The summed E-state index contributed by atoms with van der Waals surface area (Å²) in [7, 11) is 1.72. The summed E-state index contributed by atoms with van der Waals surface area (Å²) < 4.78 is 37.8. The molecule has 8 heteroatoms. The summed E-state index contributed by atoms with van der Waals surface area (Å²) in [6.07, 6.45) is 0.747. The highest BCUT2D eigenvalue weighted by molar-refractivity contribution is 6.02. The van der Waals surface area contributed by atoms with Crippen LogP contribution in [0.5, 0.6) is 5.75 Å². The third kappa shape index (κ3) is 4.27. The van der Waals surface area contributed by atoms with E-state index in [2.05, 4.69) is 4.74 Å². The smallest absolute Gasteiger partial charge is 0.387 e. The molecule has 3 rings (SSSR count). The van der Waals surface area contributed by atoms with E-state index in [1.807, 2.05) is 11.5 Å². The van der Waals surface area contributed by atoms with E-state index < -0.39 is 18.7 Å². The summed E-state index contributed by atoms with van der Waals surface area (Å²) in [5.74, 6) is -0.852. The van der Waals surface area contributed by atoms with Crippen LogP contribution in [0.1, 0.15) is 39.2 Å². The zero-order chi connectivity index (χ0) is 22.0. The van der Waals surface area contributed by atoms with Gasteiger partial charge in [-0.05, 0) is 63.2 Å². The van der Waals surface area contributed by atoms with Crippen LogP contribution in [-0.4, -0.2) is 33.6 Å². The number of hydrogen-bond acceptors (Lipinski definition) is 4. The second kappa shape index (κ2) is 8.52. The minimum Gasteiger partial charge on any atom is -0.450 e. The molecule has 0 N–H and O–H groups in total. The molecular formula is C22H22F2N2O4. The molecule has 6 nitrogen and oxygen atoms in total. The van der Waals surface area contributed by atoms with Gasteiger partial charge in [-0.2, -0.15) is 8.78 Å². The van der Waals surface area contributed by atoms with Gasteiger partial charge in [-0.1, -0.05) is 0 Å². The summed E-state index contributed by atoms with van der Waals surface area (Å²) in [6.45, 7) is 2.24. The highest BCUT2D eigenvalue weighted by Crippen LogP contribution is 2.25. The summed E-state index contributed by atoms with van der Waals surface area (Å²) in [6, 6.07) is 11.2. The van der Waals surface area contributed by atoms with E-state index in [0.29, 0.717) is 22.6 Å². The minimum atomic E-state index is -2.89. The van der Waals surface area contributed by atoms with E-state index >= 15 is 0 Å². The second-order valence-corrected chi connectivity index (χ2v) is 6.91. The molecule has 0 unspecified atom stereocenters. The SMILES string of the molecule is Cc1cc(C(=O)[C@@H](C)OC(=O)c2cccn2C)c(C)n1-c1ccc(OC(F)F)cc1. The van der Waals surface area contributed by atoms with Crippen LogP contribution in [-0.2, 0) is 11.8 Å². The number of benzene rings is 1. The maximum absolute atomic E-state index is 12.9. The van der Waals surface area contributed by atoms with Gasteiger partial charge in [0.1, 0.15) is 11.4 Å². The van der Waals surface area contributed by atoms with Crippen LogP contribution in [0.15, 0.2) is 48.7 Å². The topological polar surface area (TPSA) is 62.5 Å². The predicted molar refractivity (Wildman–Crippen MR) is 106 cm³/mol. The quantitative estimate of drug-likeness (QED) is 0.421. The van der Waals surface area contributed by atoms with Gasteiger partial charge in [0.25, 0.3) is 0 Å². The van der Waals surface area contributed by atoms with Gasteiger partial charge in [0.2, 0.25) is 5.78 Å². The highest BCUT2D eigenvalue weighted by atomic mass is 19.3. The van der Waals surface area contributed by atoms with Crippen molar-refractivity contribution in [2.45, 2.75) is 33.5 Å². The lowest BCUT2D eigenvalue weighted by Gasteiger charge is -2.14. The molecule has 0 saturated heterocycles. The van der Waals surface area contributed by atoms with E-state index in [1.54, 1.807) is 55.1 Å². The molecule has 0 bridgehead atoms. The standard InChI is InChI=1S/C22H22F2N2O4/c1-13-12-18(20(27)15(3)29-21(28)19-6-5-11-25(19)4)14(2)26(13)16-7-9-17(10-8-16)30-22(23)24/h5-12,15,22H,1-4H3/t15-/m1/s1. The van der Waals surface area contributed by atoms with Crippen molar-refractivity contribution >= 4 is 11.8 Å². The number of ketones is 1. The first-order valence-electron chi connectivity index (χ1n) is 9.29. The summed E-state index contributed by atoms with van der Waals surface area (Å²) in [5, 5.41) is 0. The molecule has 2 heterocycles. The zero-order valence-corrected chi connectivity index (χ0v) is 17.1. The van der Waals surface area contributed by atoms with Crippen LogP contribution in [0.2, 0.25) is 0 Å². The Hall–Kier alpha value is -3.42. The number of rotatable bonds is 7. The van der Waals surface area contributed by atoms with Gasteiger partial charge in [-0.3, -0.25) is 4.79 Å². The van der Waals surface area contributed by atoms with Gasteiger partial charge in [0.05, 0.1) is 0 Å². The van der Waals surface area contributed by atoms with Crippen LogP contribution < -0.4 is 4.74 Å². The molecule has 0 aliphatic rings. The Bertz CT molecular complexity index is 1070. The molecule has 3 aromatic rings. The number of alkyl halides is 2. The van der Waals surface area contributed by atoms with Gasteiger partial charge in [0, 0.05) is 35.9 Å². The Balaban J connectivity index is 1.81. The number of halogens is 2. The van der Waals surface area contributed by atoms with Crippen LogP contribution in [0.4, 0.5) is 8.78 Å². The number of ether oxygens (including phenoxy) is 2. The number of carbonyl (C=O) groups excluding carboxylic acids is 2. The number of aryl methyl sites for hydroxylation is 2. The fourth-order valence-electron chi connectivity index (χ4n) is 3.35. The Kier molecular flexibility index (Phi) is 6.05. The molecular weight excluding hydrogens is 394 g/mol. The maximum Gasteiger partial charge on any atom is 0.387 e. The Morgan fingerprint density at radius 1 is 1.07 bits per heavy atom. The molecule has 0 amide bonds. The van der Waals surface area contributed by atoms with Gasteiger partial charge < -0.3 is 18.6 Å². The predicted octanol–water partition coefficient (Wildman–Crippen LogP) is 4.46. The van der Waals surface area contributed by atoms with Crippen molar-refractivity contribution in [3.8, 4) is 11.4 Å². The van der Waals surface area contributed by atoms with Crippen LogP contribution in [0.25, 0.3) is 5.69 Å². The lowest BCUT2D eigenvalue weighted by molar-refractivity contribution is -0.0498. The second-order valence-electron chi connectivity index (χ2n) is 6.91. The summed E-state index contributed by atoms with van der Waals surface area (Å²) >= 11 is 0. The van der Waals surface area contributed by atoms with Crippen molar-refractivity contribution in [3.05, 3.63) is 71.3 Å². The van der Waals surface area contributed by atoms with Crippen molar-refractivity contribution in [3.63, 3.8) is 0 Å².